The minimum Gasteiger partial charge on any atom is -0.497 e. The number of carbonyl (C=O) groups excluding carboxylic acids is 2. The summed E-state index contributed by atoms with van der Waals surface area (Å²) >= 11 is 0. The fourth-order valence-corrected chi connectivity index (χ4v) is 3.63. The van der Waals surface area contributed by atoms with Crippen LogP contribution >= 0.6 is 0 Å². The van der Waals surface area contributed by atoms with Gasteiger partial charge >= 0.3 is 0 Å². The molecule has 1 aliphatic carbocycles. The summed E-state index contributed by atoms with van der Waals surface area (Å²) in [6.07, 6.45) is 4.53. The monoisotopic (exact) mass is 287 g/mol. The first-order chi connectivity index (χ1) is 10.2. The van der Waals surface area contributed by atoms with Crippen LogP contribution in [-0.2, 0) is 4.79 Å². The molecule has 4 heteroatoms. The van der Waals surface area contributed by atoms with Crippen molar-refractivity contribution in [3.63, 3.8) is 0 Å². The van der Waals surface area contributed by atoms with Crippen molar-refractivity contribution in [2.45, 2.75) is 38.1 Å². The fraction of sp³-hybridized carbons (Fsp3) is 0.529. The van der Waals surface area contributed by atoms with Crippen molar-refractivity contribution in [2.24, 2.45) is 5.92 Å². The second-order valence-electron chi connectivity index (χ2n) is 5.91. The van der Waals surface area contributed by atoms with Crippen molar-refractivity contribution in [2.75, 3.05) is 13.7 Å². The van der Waals surface area contributed by atoms with Gasteiger partial charge in [-0.1, -0.05) is 6.07 Å². The molecule has 0 aromatic heterocycles. The van der Waals surface area contributed by atoms with Crippen LogP contribution in [0.15, 0.2) is 24.3 Å². The molecule has 2 fully saturated rings. The van der Waals surface area contributed by atoms with E-state index in [-0.39, 0.29) is 17.9 Å². The first kappa shape index (κ1) is 14.1. The highest BCUT2D eigenvalue weighted by atomic mass is 16.5. The van der Waals surface area contributed by atoms with E-state index in [9.17, 15) is 9.59 Å². The highest BCUT2D eigenvalue weighted by Crippen LogP contribution is 2.34. The minimum atomic E-state index is 0.0242. The second kappa shape index (κ2) is 5.88. The Bertz CT molecular complexity index is 555. The summed E-state index contributed by atoms with van der Waals surface area (Å²) in [5, 5.41) is 0. The van der Waals surface area contributed by atoms with Gasteiger partial charge < -0.3 is 9.64 Å². The van der Waals surface area contributed by atoms with Gasteiger partial charge in [-0.15, -0.1) is 0 Å². The molecule has 112 valence electrons. The van der Waals surface area contributed by atoms with Gasteiger partial charge in [-0.05, 0) is 43.9 Å². The Balaban J connectivity index is 1.80. The van der Waals surface area contributed by atoms with Crippen LogP contribution in [0.5, 0.6) is 5.75 Å². The Hall–Kier alpha value is -1.84. The Labute approximate surface area is 125 Å². The van der Waals surface area contributed by atoms with Crippen LogP contribution in [0.25, 0.3) is 0 Å². The molecule has 2 aliphatic rings. The van der Waals surface area contributed by atoms with E-state index < -0.39 is 0 Å². The van der Waals surface area contributed by atoms with Crippen LogP contribution in [0.4, 0.5) is 0 Å². The van der Waals surface area contributed by atoms with Gasteiger partial charge in [-0.2, -0.15) is 0 Å². The van der Waals surface area contributed by atoms with Crippen LogP contribution in [0.3, 0.4) is 0 Å². The predicted molar refractivity (Wildman–Crippen MR) is 79.4 cm³/mol. The summed E-state index contributed by atoms with van der Waals surface area (Å²) < 4.78 is 5.19. The van der Waals surface area contributed by atoms with Gasteiger partial charge in [0.25, 0.3) is 5.91 Å². The molecule has 1 aromatic carbocycles. The number of Topliss-reactive ketones (excluding diaryl/α,β-unsaturated/α-hetero) is 1. The van der Waals surface area contributed by atoms with Crippen LogP contribution < -0.4 is 4.74 Å². The van der Waals surface area contributed by atoms with Crippen LogP contribution in [-0.4, -0.2) is 36.3 Å². The lowest BCUT2D eigenvalue weighted by Gasteiger charge is -2.28. The van der Waals surface area contributed by atoms with Crippen LogP contribution in [0, 0.1) is 5.92 Å². The van der Waals surface area contributed by atoms with Gasteiger partial charge in [0.15, 0.2) is 0 Å². The van der Waals surface area contributed by atoms with Crippen molar-refractivity contribution in [3.8, 4) is 5.75 Å². The van der Waals surface area contributed by atoms with Gasteiger partial charge in [-0.3, -0.25) is 9.59 Å². The van der Waals surface area contributed by atoms with E-state index in [0.717, 1.165) is 32.2 Å². The number of methoxy groups -OCH3 is 1. The van der Waals surface area contributed by atoms with Crippen LogP contribution in [0.2, 0.25) is 0 Å². The summed E-state index contributed by atoms with van der Waals surface area (Å²) in [6, 6.07) is 7.35. The van der Waals surface area contributed by atoms with E-state index in [1.165, 1.54) is 0 Å². The molecule has 3 rings (SSSR count). The third kappa shape index (κ3) is 2.67. The van der Waals surface area contributed by atoms with E-state index in [0.29, 0.717) is 23.5 Å². The molecule has 0 spiro atoms. The van der Waals surface area contributed by atoms with Gasteiger partial charge in [0.1, 0.15) is 11.5 Å². The van der Waals surface area contributed by atoms with E-state index in [1.54, 1.807) is 13.2 Å². The number of ketones is 1. The lowest BCUT2D eigenvalue weighted by atomic mass is 9.94. The van der Waals surface area contributed by atoms with Crippen molar-refractivity contribution in [3.05, 3.63) is 29.8 Å². The summed E-state index contributed by atoms with van der Waals surface area (Å²) in [7, 11) is 1.60. The maximum absolute atomic E-state index is 12.7. The molecule has 0 radical (unpaired) electrons. The number of ether oxygens (including phenoxy) is 1. The van der Waals surface area contributed by atoms with E-state index >= 15 is 0 Å². The number of amides is 1. The topological polar surface area (TPSA) is 46.6 Å². The lowest BCUT2D eigenvalue weighted by Crippen LogP contribution is -2.41. The SMILES string of the molecule is COc1cccc(C(=O)N2CCCC2C2CCCC2=O)c1. The number of carbonyl (C=O) groups is 2. The number of nitrogens with zero attached hydrogens (tertiary/aromatic N) is 1. The second-order valence-corrected chi connectivity index (χ2v) is 5.91. The standard InChI is InChI=1S/C17H21NO3/c1-21-13-6-2-5-12(11-13)17(20)18-10-4-8-15(18)14-7-3-9-16(14)19/h2,5-6,11,14-15H,3-4,7-10H2,1H3. The van der Waals surface area contributed by atoms with Gasteiger partial charge in [0, 0.05) is 30.5 Å². The quantitative estimate of drug-likeness (QED) is 0.858. The zero-order chi connectivity index (χ0) is 14.8. The number of likely N-dealkylation sites (tertiary alicyclic amines) is 1. The van der Waals surface area contributed by atoms with E-state index in [1.807, 2.05) is 23.1 Å². The zero-order valence-corrected chi connectivity index (χ0v) is 12.4. The van der Waals surface area contributed by atoms with Crippen molar-refractivity contribution < 1.29 is 14.3 Å². The molecule has 1 amide bonds. The number of hydrogen-bond acceptors (Lipinski definition) is 3. The molecule has 2 atom stereocenters. The molecule has 1 saturated carbocycles. The number of hydrogen-bond donors (Lipinski definition) is 0. The molecule has 2 unspecified atom stereocenters. The Kier molecular flexibility index (Phi) is 3.95. The Morgan fingerprint density at radius 2 is 2.14 bits per heavy atom. The maximum atomic E-state index is 12.7. The van der Waals surface area contributed by atoms with Crippen molar-refractivity contribution in [1.29, 1.82) is 0 Å². The van der Waals surface area contributed by atoms with E-state index in [4.69, 9.17) is 4.74 Å². The lowest BCUT2D eigenvalue weighted by molar-refractivity contribution is -0.121. The third-order valence-electron chi connectivity index (χ3n) is 4.69. The first-order valence-electron chi connectivity index (χ1n) is 7.68. The van der Waals surface area contributed by atoms with Crippen molar-refractivity contribution in [1.82, 2.24) is 4.90 Å². The predicted octanol–water partition coefficient (Wildman–Crippen LogP) is 2.67. The minimum absolute atomic E-state index is 0.0242. The highest BCUT2D eigenvalue weighted by molar-refractivity contribution is 5.95. The molecule has 1 saturated heterocycles. The summed E-state index contributed by atoms with van der Waals surface area (Å²) in [4.78, 5) is 26.7. The molecule has 1 heterocycles. The highest BCUT2D eigenvalue weighted by Gasteiger charge is 2.40. The van der Waals surface area contributed by atoms with Gasteiger partial charge in [0.05, 0.1) is 7.11 Å². The molecule has 0 N–H and O–H groups in total. The molecule has 1 aromatic rings. The van der Waals surface area contributed by atoms with Crippen LogP contribution in [0.1, 0.15) is 42.5 Å². The molecule has 4 nitrogen and oxygen atoms in total. The third-order valence-corrected chi connectivity index (χ3v) is 4.69. The molecular formula is C17H21NO3. The molecule has 21 heavy (non-hydrogen) atoms. The summed E-state index contributed by atoms with van der Waals surface area (Å²) in [5.74, 6) is 1.11. The normalized spacial score (nSPS) is 25.4. The maximum Gasteiger partial charge on any atom is 0.254 e. The molecular weight excluding hydrogens is 266 g/mol. The first-order valence-corrected chi connectivity index (χ1v) is 7.68. The molecule has 1 aliphatic heterocycles. The molecule has 0 bridgehead atoms. The van der Waals surface area contributed by atoms with E-state index in [2.05, 4.69) is 0 Å². The smallest absolute Gasteiger partial charge is 0.254 e. The summed E-state index contributed by atoms with van der Waals surface area (Å²) in [6.45, 7) is 0.754. The Morgan fingerprint density at radius 3 is 2.86 bits per heavy atom. The summed E-state index contributed by atoms with van der Waals surface area (Å²) in [5.41, 5.74) is 0.645. The average molecular weight is 287 g/mol. The number of rotatable bonds is 3. The van der Waals surface area contributed by atoms with Crippen molar-refractivity contribution >= 4 is 11.7 Å². The fourth-order valence-electron chi connectivity index (χ4n) is 3.63. The average Bonchev–Trinajstić information content (AvgIpc) is 3.14. The number of benzene rings is 1. The van der Waals surface area contributed by atoms with Gasteiger partial charge in [-0.25, -0.2) is 0 Å². The Morgan fingerprint density at radius 1 is 1.29 bits per heavy atom. The largest absolute Gasteiger partial charge is 0.497 e. The van der Waals surface area contributed by atoms with Gasteiger partial charge in [0.2, 0.25) is 0 Å². The zero-order valence-electron chi connectivity index (χ0n) is 12.4.